The van der Waals surface area contributed by atoms with Gasteiger partial charge in [-0.3, -0.25) is 0 Å². The average molecular weight is 348 g/mol. The largest absolute Gasteiger partial charge is 0.497 e. The molecule has 6 heteroatoms. The zero-order valence-electron chi connectivity index (χ0n) is 15.8. The predicted octanol–water partition coefficient (Wildman–Crippen LogP) is 2.62. The van der Waals surface area contributed by atoms with E-state index in [0.717, 1.165) is 63.3 Å². The van der Waals surface area contributed by atoms with Crippen LogP contribution in [-0.2, 0) is 0 Å². The summed E-state index contributed by atoms with van der Waals surface area (Å²) in [5.41, 5.74) is 0.801. The van der Waals surface area contributed by atoms with Gasteiger partial charge in [0, 0.05) is 31.4 Å². The number of amides is 2. The van der Waals surface area contributed by atoms with Crippen LogP contribution < -0.4 is 15.4 Å². The van der Waals surface area contributed by atoms with Gasteiger partial charge in [-0.1, -0.05) is 0 Å². The standard InChI is InChI=1S/C19H32N4O2/c1-22(2)15-17-7-6-14-23(13-5-4-12-20-17)19(24)21-16-8-10-18(25-3)11-9-16/h8-11,17,20H,4-7,12-15H2,1-3H3,(H,21,24). The Labute approximate surface area is 151 Å². The number of rotatable bonds is 4. The van der Waals surface area contributed by atoms with Crippen molar-refractivity contribution < 1.29 is 9.53 Å². The van der Waals surface area contributed by atoms with Gasteiger partial charge in [0.15, 0.2) is 0 Å². The molecule has 2 N–H and O–H groups in total. The Bertz CT molecular complexity index is 519. The lowest BCUT2D eigenvalue weighted by Gasteiger charge is -2.28. The molecule has 1 aromatic carbocycles. The van der Waals surface area contributed by atoms with Gasteiger partial charge in [-0.25, -0.2) is 4.79 Å². The summed E-state index contributed by atoms with van der Waals surface area (Å²) in [5.74, 6) is 0.788. The Balaban J connectivity index is 1.88. The summed E-state index contributed by atoms with van der Waals surface area (Å²) in [6, 6.07) is 7.94. The quantitative estimate of drug-likeness (QED) is 0.878. The van der Waals surface area contributed by atoms with Gasteiger partial charge < -0.3 is 25.2 Å². The highest BCUT2D eigenvalue weighted by molar-refractivity contribution is 5.89. The molecule has 0 bridgehead atoms. The van der Waals surface area contributed by atoms with E-state index < -0.39 is 0 Å². The summed E-state index contributed by atoms with van der Waals surface area (Å²) in [4.78, 5) is 16.8. The third kappa shape index (κ3) is 6.92. The molecule has 0 aromatic heterocycles. The van der Waals surface area contributed by atoms with E-state index >= 15 is 0 Å². The van der Waals surface area contributed by atoms with E-state index in [9.17, 15) is 4.79 Å². The van der Waals surface area contributed by atoms with E-state index in [2.05, 4.69) is 29.6 Å². The number of carbonyl (C=O) groups excluding carboxylic acids is 1. The number of likely N-dealkylation sites (N-methyl/N-ethyl adjacent to an activating group) is 1. The molecule has 140 valence electrons. The highest BCUT2D eigenvalue weighted by Gasteiger charge is 2.17. The number of urea groups is 1. The highest BCUT2D eigenvalue weighted by atomic mass is 16.5. The molecule has 25 heavy (non-hydrogen) atoms. The van der Waals surface area contributed by atoms with Crippen LogP contribution in [0.3, 0.4) is 0 Å². The SMILES string of the molecule is COc1ccc(NC(=O)N2CCCCNC(CN(C)C)CCC2)cc1. The van der Waals surface area contributed by atoms with E-state index in [0.29, 0.717) is 6.04 Å². The van der Waals surface area contributed by atoms with Crippen molar-refractivity contribution in [1.29, 1.82) is 0 Å². The molecule has 6 nitrogen and oxygen atoms in total. The molecule has 0 spiro atoms. The number of nitrogens with zero attached hydrogens (tertiary/aromatic N) is 2. The summed E-state index contributed by atoms with van der Waals surface area (Å²) in [6.07, 6.45) is 4.22. The number of hydrogen-bond donors (Lipinski definition) is 2. The first kappa shape index (κ1) is 19.5. The normalized spacial score (nSPS) is 19.5. The average Bonchev–Trinajstić information content (AvgIpc) is 2.60. The summed E-state index contributed by atoms with van der Waals surface area (Å²) in [7, 11) is 5.85. The molecular formula is C19H32N4O2. The van der Waals surface area contributed by atoms with E-state index in [4.69, 9.17) is 4.74 Å². The molecule has 2 rings (SSSR count). The van der Waals surface area contributed by atoms with Crippen molar-refractivity contribution in [3.63, 3.8) is 0 Å². The maximum atomic E-state index is 12.6. The van der Waals surface area contributed by atoms with Crippen molar-refractivity contribution in [2.45, 2.75) is 31.7 Å². The molecule has 0 aliphatic carbocycles. The van der Waals surface area contributed by atoms with E-state index in [1.165, 1.54) is 0 Å². The molecule has 1 saturated heterocycles. The second kappa shape index (κ2) is 10.3. The number of ether oxygens (including phenoxy) is 1. The topological polar surface area (TPSA) is 56.8 Å². The zero-order chi connectivity index (χ0) is 18.1. The van der Waals surface area contributed by atoms with Gasteiger partial charge in [0.05, 0.1) is 7.11 Å². The van der Waals surface area contributed by atoms with Crippen LogP contribution >= 0.6 is 0 Å². The molecule has 1 unspecified atom stereocenters. The van der Waals surface area contributed by atoms with Crippen molar-refractivity contribution in [3.8, 4) is 5.75 Å². The van der Waals surface area contributed by atoms with Gasteiger partial charge in [0.25, 0.3) is 0 Å². The van der Waals surface area contributed by atoms with Crippen molar-refractivity contribution in [2.24, 2.45) is 0 Å². The number of hydrogen-bond acceptors (Lipinski definition) is 4. The minimum Gasteiger partial charge on any atom is -0.497 e. The lowest BCUT2D eigenvalue weighted by Crippen LogP contribution is -2.42. The number of methoxy groups -OCH3 is 1. The molecular weight excluding hydrogens is 316 g/mol. The van der Waals surface area contributed by atoms with Crippen LogP contribution in [0.15, 0.2) is 24.3 Å². The van der Waals surface area contributed by atoms with Crippen LogP contribution in [-0.4, -0.2) is 69.3 Å². The molecule has 1 aliphatic rings. The number of carbonyl (C=O) groups is 1. The smallest absolute Gasteiger partial charge is 0.321 e. The van der Waals surface area contributed by atoms with Crippen molar-refractivity contribution in [3.05, 3.63) is 24.3 Å². The molecule has 1 aliphatic heterocycles. The predicted molar refractivity (Wildman–Crippen MR) is 102 cm³/mol. The Morgan fingerprint density at radius 3 is 2.64 bits per heavy atom. The van der Waals surface area contributed by atoms with Crippen molar-refractivity contribution >= 4 is 11.7 Å². The lowest BCUT2D eigenvalue weighted by atomic mass is 10.1. The van der Waals surface area contributed by atoms with Crippen LogP contribution in [0, 0.1) is 0 Å². The summed E-state index contributed by atoms with van der Waals surface area (Å²) in [6.45, 7) is 3.67. The molecule has 2 amide bonds. The number of anilines is 1. The van der Waals surface area contributed by atoms with Crippen LogP contribution in [0.4, 0.5) is 10.5 Å². The van der Waals surface area contributed by atoms with Gasteiger partial charge in [-0.2, -0.15) is 0 Å². The Morgan fingerprint density at radius 1 is 1.24 bits per heavy atom. The number of nitrogens with one attached hydrogen (secondary N) is 2. The van der Waals surface area contributed by atoms with E-state index in [1.54, 1.807) is 7.11 Å². The molecule has 1 fully saturated rings. The van der Waals surface area contributed by atoms with Crippen LogP contribution in [0.2, 0.25) is 0 Å². The molecule has 0 radical (unpaired) electrons. The van der Waals surface area contributed by atoms with Crippen LogP contribution in [0.1, 0.15) is 25.7 Å². The van der Waals surface area contributed by atoms with E-state index in [1.807, 2.05) is 29.2 Å². The monoisotopic (exact) mass is 348 g/mol. The van der Waals surface area contributed by atoms with Gasteiger partial charge in [-0.15, -0.1) is 0 Å². The first-order valence-electron chi connectivity index (χ1n) is 9.16. The zero-order valence-corrected chi connectivity index (χ0v) is 15.8. The summed E-state index contributed by atoms with van der Waals surface area (Å²) < 4.78 is 5.15. The van der Waals surface area contributed by atoms with Crippen LogP contribution in [0.25, 0.3) is 0 Å². The van der Waals surface area contributed by atoms with Gasteiger partial charge in [0.2, 0.25) is 0 Å². The molecule has 0 saturated carbocycles. The fourth-order valence-electron chi connectivity index (χ4n) is 3.15. The summed E-state index contributed by atoms with van der Waals surface area (Å²) in [5, 5.41) is 6.64. The summed E-state index contributed by atoms with van der Waals surface area (Å²) >= 11 is 0. The first-order chi connectivity index (χ1) is 12.1. The van der Waals surface area contributed by atoms with Crippen molar-refractivity contribution in [2.75, 3.05) is 52.7 Å². The maximum absolute atomic E-state index is 12.6. The second-order valence-corrected chi connectivity index (χ2v) is 6.91. The fourth-order valence-corrected chi connectivity index (χ4v) is 3.15. The van der Waals surface area contributed by atoms with Gasteiger partial charge in [0.1, 0.15) is 5.75 Å². The fraction of sp³-hybridized carbons (Fsp3) is 0.632. The first-order valence-corrected chi connectivity index (χ1v) is 9.16. The third-order valence-electron chi connectivity index (χ3n) is 4.48. The maximum Gasteiger partial charge on any atom is 0.321 e. The Morgan fingerprint density at radius 2 is 1.96 bits per heavy atom. The molecule has 1 heterocycles. The van der Waals surface area contributed by atoms with Crippen LogP contribution in [0.5, 0.6) is 5.75 Å². The minimum absolute atomic E-state index is 0.0112. The van der Waals surface area contributed by atoms with E-state index in [-0.39, 0.29) is 6.03 Å². The molecule has 1 aromatic rings. The minimum atomic E-state index is -0.0112. The second-order valence-electron chi connectivity index (χ2n) is 6.91. The number of benzene rings is 1. The van der Waals surface area contributed by atoms with Gasteiger partial charge in [-0.05, 0) is 70.6 Å². The Hall–Kier alpha value is -1.79. The lowest BCUT2D eigenvalue weighted by molar-refractivity contribution is 0.205. The Kier molecular flexibility index (Phi) is 8.01. The highest BCUT2D eigenvalue weighted by Crippen LogP contribution is 2.16. The molecule has 1 atom stereocenters. The van der Waals surface area contributed by atoms with Gasteiger partial charge >= 0.3 is 6.03 Å². The van der Waals surface area contributed by atoms with Crippen molar-refractivity contribution in [1.82, 2.24) is 15.1 Å². The third-order valence-corrected chi connectivity index (χ3v) is 4.48.